The number of hydrogen-bond donors (Lipinski definition) is 0. The first-order chi connectivity index (χ1) is 9.34. The number of rotatable bonds is 1. The van der Waals surface area contributed by atoms with Crippen LogP contribution in [0.2, 0.25) is 0 Å². The lowest BCUT2D eigenvalue weighted by Crippen LogP contribution is -2.47. The van der Waals surface area contributed by atoms with Gasteiger partial charge in [0, 0.05) is 0 Å². The molecule has 0 amide bonds. The quantitative estimate of drug-likeness (QED) is 0.601. The van der Waals surface area contributed by atoms with E-state index < -0.39 is 0 Å². The van der Waals surface area contributed by atoms with E-state index in [0.717, 1.165) is 5.92 Å². The summed E-state index contributed by atoms with van der Waals surface area (Å²) >= 11 is 0. The lowest BCUT2D eigenvalue weighted by molar-refractivity contribution is 0.0407. The highest BCUT2D eigenvalue weighted by Crippen LogP contribution is 2.57. The van der Waals surface area contributed by atoms with Crippen molar-refractivity contribution in [1.82, 2.24) is 0 Å². The maximum Gasteiger partial charge on any atom is -0.00391 e. The van der Waals surface area contributed by atoms with Crippen LogP contribution in [0.4, 0.5) is 0 Å². The smallest absolute Gasteiger partial charge is 0.00391 e. The Hall–Kier alpha value is -0.780. The van der Waals surface area contributed by atoms with Gasteiger partial charge in [-0.05, 0) is 65.0 Å². The Balaban J connectivity index is 2.06. The van der Waals surface area contributed by atoms with Gasteiger partial charge in [0.25, 0.3) is 0 Å². The highest BCUT2D eigenvalue weighted by Gasteiger charge is 2.49. The Labute approximate surface area is 125 Å². The second-order valence-electron chi connectivity index (χ2n) is 8.42. The molecule has 0 radical (unpaired) electrons. The summed E-state index contributed by atoms with van der Waals surface area (Å²) < 4.78 is 0. The molecule has 2 aliphatic rings. The third-order valence-electron chi connectivity index (χ3n) is 6.34. The number of fused-ring (bicyclic) bond motifs is 3. The molecular formula is C20H30. The van der Waals surface area contributed by atoms with Gasteiger partial charge >= 0.3 is 0 Å². The van der Waals surface area contributed by atoms with E-state index in [0.29, 0.717) is 16.7 Å². The van der Waals surface area contributed by atoms with Crippen LogP contribution in [0, 0.1) is 11.3 Å². The molecule has 1 fully saturated rings. The summed E-state index contributed by atoms with van der Waals surface area (Å²) in [6.45, 7) is 12.2. The highest BCUT2D eigenvalue weighted by atomic mass is 14.5. The molecule has 1 aromatic rings. The molecule has 0 saturated heterocycles. The van der Waals surface area contributed by atoms with Gasteiger partial charge in [-0.1, -0.05) is 59.2 Å². The van der Waals surface area contributed by atoms with Gasteiger partial charge in [0.1, 0.15) is 0 Å². The van der Waals surface area contributed by atoms with E-state index in [4.69, 9.17) is 0 Å². The molecule has 1 saturated carbocycles. The molecule has 2 aliphatic carbocycles. The fourth-order valence-electron chi connectivity index (χ4n) is 5.19. The largest absolute Gasteiger partial charge is 0.0596 e. The SMILES string of the molecule is CC(C)c1ccc2c(c1)CCC1C(C)(C)CCCC21C. The van der Waals surface area contributed by atoms with Crippen molar-refractivity contribution in [3.05, 3.63) is 34.9 Å². The molecule has 0 spiro atoms. The minimum atomic E-state index is 0.421. The van der Waals surface area contributed by atoms with Gasteiger partial charge in [0.05, 0.1) is 0 Å². The van der Waals surface area contributed by atoms with Crippen molar-refractivity contribution in [2.24, 2.45) is 11.3 Å². The maximum atomic E-state index is 2.55. The first kappa shape index (κ1) is 14.2. The molecule has 0 aliphatic heterocycles. The van der Waals surface area contributed by atoms with E-state index >= 15 is 0 Å². The topological polar surface area (TPSA) is 0 Å². The Morgan fingerprint density at radius 1 is 1.10 bits per heavy atom. The molecule has 2 unspecified atom stereocenters. The van der Waals surface area contributed by atoms with E-state index in [2.05, 4.69) is 52.8 Å². The molecule has 1 aromatic carbocycles. The van der Waals surface area contributed by atoms with Crippen LogP contribution in [0.5, 0.6) is 0 Å². The van der Waals surface area contributed by atoms with E-state index in [-0.39, 0.29) is 0 Å². The van der Waals surface area contributed by atoms with E-state index in [9.17, 15) is 0 Å². The average molecular weight is 270 g/mol. The minimum Gasteiger partial charge on any atom is -0.0596 e. The van der Waals surface area contributed by atoms with E-state index in [1.54, 1.807) is 11.1 Å². The standard InChI is InChI=1S/C20H30/c1-14(2)15-7-9-17-16(13-15)8-10-18-19(3,4)11-6-12-20(17,18)5/h7,9,13-14,18H,6,8,10-12H2,1-5H3. The summed E-state index contributed by atoms with van der Waals surface area (Å²) in [6, 6.07) is 7.36. The van der Waals surface area contributed by atoms with Crippen molar-refractivity contribution in [3.8, 4) is 0 Å². The van der Waals surface area contributed by atoms with E-state index in [1.165, 1.54) is 37.7 Å². The first-order valence-corrected chi connectivity index (χ1v) is 8.48. The average Bonchev–Trinajstić information content (AvgIpc) is 2.37. The van der Waals surface area contributed by atoms with Crippen molar-refractivity contribution in [1.29, 1.82) is 0 Å². The summed E-state index contributed by atoms with van der Waals surface area (Å²) in [5, 5.41) is 0. The van der Waals surface area contributed by atoms with Crippen LogP contribution in [-0.4, -0.2) is 0 Å². The molecule has 0 N–H and O–H groups in total. The normalized spacial score (nSPS) is 31.8. The van der Waals surface area contributed by atoms with Crippen LogP contribution in [0.15, 0.2) is 18.2 Å². The molecule has 110 valence electrons. The summed E-state index contributed by atoms with van der Waals surface area (Å²) in [6.07, 6.45) is 6.87. The van der Waals surface area contributed by atoms with Crippen LogP contribution < -0.4 is 0 Å². The summed E-state index contributed by atoms with van der Waals surface area (Å²) in [7, 11) is 0. The Morgan fingerprint density at radius 2 is 1.85 bits per heavy atom. The predicted octanol–water partition coefficient (Wildman–Crippen LogP) is 5.84. The molecule has 3 rings (SSSR count). The van der Waals surface area contributed by atoms with Crippen LogP contribution in [-0.2, 0) is 11.8 Å². The molecule has 0 bridgehead atoms. The van der Waals surface area contributed by atoms with Gasteiger partial charge in [-0.3, -0.25) is 0 Å². The second-order valence-corrected chi connectivity index (χ2v) is 8.42. The summed E-state index contributed by atoms with van der Waals surface area (Å²) in [4.78, 5) is 0. The molecule has 0 aromatic heterocycles. The Kier molecular flexibility index (Phi) is 3.27. The van der Waals surface area contributed by atoms with Gasteiger partial charge < -0.3 is 0 Å². The molecule has 2 atom stereocenters. The maximum absolute atomic E-state index is 2.55. The fraction of sp³-hybridized carbons (Fsp3) is 0.700. The second kappa shape index (κ2) is 4.61. The third-order valence-corrected chi connectivity index (χ3v) is 6.34. The van der Waals surface area contributed by atoms with Crippen molar-refractivity contribution in [3.63, 3.8) is 0 Å². The fourth-order valence-corrected chi connectivity index (χ4v) is 5.19. The molecule has 0 heteroatoms. The predicted molar refractivity (Wildman–Crippen MR) is 87.3 cm³/mol. The van der Waals surface area contributed by atoms with Gasteiger partial charge in [0.15, 0.2) is 0 Å². The van der Waals surface area contributed by atoms with E-state index in [1.807, 2.05) is 0 Å². The summed E-state index contributed by atoms with van der Waals surface area (Å²) in [5.74, 6) is 1.51. The van der Waals surface area contributed by atoms with Crippen LogP contribution in [0.3, 0.4) is 0 Å². The zero-order valence-electron chi connectivity index (χ0n) is 13.9. The monoisotopic (exact) mass is 270 g/mol. The zero-order chi connectivity index (χ0) is 14.5. The number of aryl methyl sites for hydroxylation is 1. The summed E-state index contributed by atoms with van der Waals surface area (Å²) in [5.41, 5.74) is 5.77. The van der Waals surface area contributed by atoms with Crippen LogP contribution >= 0.6 is 0 Å². The first-order valence-electron chi connectivity index (χ1n) is 8.48. The van der Waals surface area contributed by atoms with Crippen molar-refractivity contribution in [2.75, 3.05) is 0 Å². The van der Waals surface area contributed by atoms with Gasteiger partial charge in [0.2, 0.25) is 0 Å². The molecule has 0 heterocycles. The Morgan fingerprint density at radius 3 is 2.55 bits per heavy atom. The van der Waals surface area contributed by atoms with Gasteiger partial charge in [-0.25, -0.2) is 0 Å². The minimum absolute atomic E-state index is 0.421. The third kappa shape index (κ3) is 2.03. The van der Waals surface area contributed by atoms with Gasteiger partial charge in [-0.2, -0.15) is 0 Å². The Bertz CT molecular complexity index is 509. The zero-order valence-corrected chi connectivity index (χ0v) is 13.9. The van der Waals surface area contributed by atoms with Crippen molar-refractivity contribution < 1.29 is 0 Å². The van der Waals surface area contributed by atoms with Crippen molar-refractivity contribution in [2.45, 2.75) is 78.1 Å². The molecule has 20 heavy (non-hydrogen) atoms. The molecular weight excluding hydrogens is 240 g/mol. The lowest BCUT2D eigenvalue weighted by atomic mass is 9.50. The van der Waals surface area contributed by atoms with Crippen LogP contribution in [0.1, 0.15) is 82.9 Å². The number of benzene rings is 1. The lowest BCUT2D eigenvalue weighted by Gasteiger charge is -2.54. The number of hydrogen-bond acceptors (Lipinski definition) is 0. The van der Waals surface area contributed by atoms with Crippen molar-refractivity contribution >= 4 is 0 Å². The molecule has 0 nitrogen and oxygen atoms in total. The highest BCUT2D eigenvalue weighted by molar-refractivity contribution is 5.42. The van der Waals surface area contributed by atoms with Gasteiger partial charge in [-0.15, -0.1) is 0 Å². The van der Waals surface area contributed by atoms with Crippen LogP contribution in [0.25, 0.3) is 0 Å².